The zero-order chi connectivity index (χ0) is 19.8. The molecular weight excluding hydrogens is 346 g/mol. The Kier molecular flexibility index (Phi) is 7.05. The molecule has 0 radical (unpaired) electrons. The minimum atomic E-state index is -0.233. The average molecular weight is 371 g/mol. The van der Waals surface area contributed by atoms with Crippen molar-refractivity contribution in [3.63, 3.8) is 0 Å². The molecule has 0 unspecified atom stereocenters. The number of amides is 2. The van der Waals surface area contributed by atoms with E-state index in [9.17, 15) is 9.59 Å². The summed E-state index contributed by atoms with van der Waals surface area (Å²) in [5.41, 5.74) is 1.84. The lowest BCUT2D eigenvalue weighted by Crippen LogP contribution is -2.30. The SMILES string of the molecule is COc1ccc(OC)c(NC(=O)CNc2ccc(C(=O)NC(C)C)cc2)c1. The van der Waals surface area contributed by atoms with Crippen LogP contribution in [0.15, 0.2) is 42.5 Å². The van der Waals surface area contributed by atoms with E-state index >= 15 is 0 Å². The van der Waals surface area contributed by atoms with Gasteiger partial charge in [-0.2, -0.15) is 0 Å². The van der Waals surface area contributed by atoms with E-state index in [1.165, 1.54) is 7.11 Å². The molecular formula is C20H25N3O4. The number of ether oxygens (including phenoxy) is 2. The van der Waals surface area contributed by atoms with Crippen LogP contribution in [0.4, 0.5) is 11.4 Å². The van der Waals surface area contributed by atoms with Crippen LogP contribution in [0.3, 0.4) is 0 Å². The first-order valence-corrected chi connectivity index (χ1v) is 8.59. The summed E-state index contributed by atoms with van der Waals surface area (Å²) in [6.45, 7) is 3.88. The molecule has 0 aliphatic heterocycles. The highest BCUT2D eigenvalue weighted by atomic mass is 16.5. The first-order valence-electron chi connectivity index (χ1n) is 8.59. The largest absolute Gasteiger partial charge is 0.497 e. The van der Waals surface area contributed by atoms with Crippen molar-refractivity contribution in [2.45, 2.75) is 19.9 Å². The summed E-state index contributed by atoms with van der Waals surface area (Å²) < 4.78 is 10.4. The predicted octanol–water partition coefficient (Wildman–Crippen LogP) is 2.89. The van der Waals surface area contributed by atoms with Crippen molar-refractivity contribution in [2.75, 3.05) is 31.4 Å². The van der Waals surface area contributed by atoms with Gasteiger partial charge in [0.2, 0.25) is 5.91 Å². The van der Waals surface area contributed by atoms with Crippen LogP contribution < -0.4 is 25.4 Å². The summed E-state index contributed by atoms with van der Waals surface area (Å²) in [5.74, 6) is 0.807. The Morgan fingerprint density at radius 1 is 1.00 bits per heavy atom. The van der Waals surface area contributed by atoms with E-state index in [1.54, 1.807) is 49.6 Å². The highest BCUT2D eigenvalue weighted by molar-refractivity contribution is 5.96. The minimum Gasteiger partial charge on any atom is -0.497 e. The lowest BCUT2D eigenvalue weighted by Gasteiger charge is -2.13. The van der Waals surface area contributed by atoms with Gasteiger partial charge in [0.1, 0.15) is 11.5 Å². The van der Waals surface area contributed by atoms with Crippen LogP contribution >= 0.6 is 0 Å². The molecule has 2 aromatic rings. The molecule has 27 heavy (non-hydrogen) atoms. The first-order chi connectivity index (χ1) is 12.9. The van der Waals surface area contributed by atoms with E-state index in [0.29, 0.717) is 22.7 Å². The quantitative estimate of drug-likeness (QED) is 0.664. The molecule has 144 valence electrons. The number of nitrogens with one attached hydrogen (secondary N) is 3. The number of methoxy groups -OCH3 is 2. The Labute approximate surface area is 159 Å². The van der Waals surface area contributed by atoms with Crippen LogP contribution in [-0.2, 0) is 4.79 Å². The average Bonchev–Trinajstić information content (AvgIpc) is 2.66. The molecule has 3 N–H and O–H groups in total. The monoisotopic (exact) mass is 371 g/mol. The highest BCUT2D eigenvalue weighted by Crippen LogP contribution is 2.28. The molecule has 7 heteroatoms. The summed E-state index contributed by atoms with van der Waals surface area (Å²) >= 11 is 0. The molecule has 0 saturated carbocycles. The fraction of sp³-hybridized carbons (Fsp3) is 0.300. The molecule has 7 nitrogen and oxygen atoms in total. The van der Waals surface area contributed by atoms with E-state index in [4.69, 9.17) is 9.47 Å². The van der Waals surface area contributed by atoms with E-state index < -0.39 is 0 Å². The molecule has 2 amide bonds. The van der Waals surface area contributed by atoms with Crippen molar-refractivity contribution in [3.8, 4) is 11.5 Å². The summed E-state index contributed by atoms with van der Waals surface area (Å²) in [6.07, 6.45) is 0. The van der Waals surface area contributed by atoms with Crippen molar-refractivity contribution in [2.24, 2.45) is 0 Å². The maximum atomic E-state index is 12.2. The molecule has 0 aromatic heterocycles. The van der Waals surface area contributed by atoms with E-state index in [0.717, 1.165) is 5.69 Å². The Bertz CT molecular complexity index is 788. The van der Waals surface area contributed by atoms with Crippen molar-refractivity contribution < 1.29 is 19.1 Å². The number of hydrogen-bond acceptors (Lipinski definition) is 5. The molecule has 0 aliphatic rings. The van der Waals surface area contributed by atoms with Gasteiger partial charge in [-0.15, -0.1) is 0 Å². The summed E-state index contributed by atoms with van der Waals surface area (Å²) in [6, 6.07) is 12.2. The molecule has 0 fully saturated rings. The fourth-order valence-corrected chi connectivity index (χ4v) is 2.37. The standard InChI is InChI=1S/C20H25N3O4/c1-13(2)22-20(25)14-5-7-15(8-6-14)21-12-19(24)23-17-11-16(26-3)9-10-18(17)27-4/h5-11,13,21H,12H2,1-4H3,(H,22,25)(H,23,24). The van der Waals surface area contributed by atoms with Gasteiger partial charge in [-0.3, -0.25) is 9.59 Å². The molecule has 0 heterocycles. The maximum Gasteiger partial charge on any atom is 0.251 e. The fourth-order valence-electron chi connectivity index (χ4n) is 2.37. The van der Waals surface area contributed by atoms with Crippen LogP contribution in [0.25, 0.3) is 0 Å². The Morgan fingerprint density at radius 2 is 1.70 bits per heavy atom. The predicted molar refractivity (Wildman–Crippen MR) is 106 cm³/mol. The highest BCUT2D eigenvalue weighted by Gasteiger charge is 2.10. The number of carbonyl (C=O) groups excluding carboxylic acids is 2. The number of carbonyl (C=O) groups is 2. The molecule has 0 aliphatic carbocycles. The lowest BCUT2D eigenvalue weighted by atomic mass is 10.2. The Morgan fingerprint density at radius 3 is 2.30 bits per heavy atom. The molecule has 0 saturated heterocycles. The third-order valence-electron chi connectivity index (χ3n) is 3.70. The molecule has 0 bridgehead atoms. The Balaban J connectivity index is 1.93. The van der Waals surface area contributed by atoms with Gasteiger partial charge in [-0.1, -0.05) is 0 Å². The van der Waals surface area contributed by atoms with Gasteiger partial charge >= 0.3 is 0 Å². The molecule has 0 spiro atoms. The summed E-state index contributed by atoms with van der Waals surface area (Å²) in [4.78, 5) is 24.1. The summed E-state index contributed by atoms with van der Waals surface area (Å²) in [7, 11) is 3.09. The van der Waals surface area contributed by atoms with Gasteiger partial charge in [-0.25, -0.2) is 0 Å². The third-order valence-corrected chi connectivity index (χ3v) is 3.70. The van der Waals surface area contributed by atoms with Gasteiger partial charge in [0.05, 0.1) is 26.5 Å². The van der Waals surface area contributed by atoms with Gasteiger partial charge in [-0.05, 0) is 50.2 Å². The number of hydrogen-bond donors (Lipinski definition) is 3. The molecule has 2 aromatic carbocycles. The van der Waals surface area contributed by atoms with Crippen molar-refractivity contribution in [3.05, 3.63) is 48.0 Å². The maximum absolute atomic E-state index is 12.2. The third kappa shape index (κ3) is 5.91. The van der Waals surface area contributed by atoms with Crippen LogP contribution in [0.1, 0.15) is 24.2 Å². The number of rotatable bonds is 8. The zero-order valence-corrected chi connectivity index (χ0v) is 16.0. The Hall–Kier alpha value is -3.22. The second kappa shape index (κ2) is 9.47. The van der Waals surface area contributed by atoms with Crippen LogP contribution in [-0.4, -0.2) is 38.6 Å². The number of anilines is 2. The van der Waals surface area contributed by atoms with E-state index in [-0.39, 0.29) is 24.4 Å². The molecule has 0 atom stereocenters. The zero-order valence-electron chi connectivity index (χ0n) is 16.0. The summed E-state index contributed by atoms with van der Waals surface area (Å²) in [5, 5.41) is 8.64. The normalized spacial score (nSPS) is 10.3. The molecule has 2 rings (SSSR count). The second-order valence-corrected chi connectivity index (χ2v) is 6.17. The topological polar surface area (TPSA) is 88.7 Å². The van der Waals surface area contributed by atoms with Crippen LogP contribution in [0.2, 0.25) is 0 Å². The van der Waals surface area contributed by atoms with Crippen LogP contribution in [0.5, 0.6) is 11.5 Å². The first kappa shape index (κ1) is 20.1. The lowest BCUT2D eigenvalue weighted by molar-refractivity contribution is -0.114. The van der Waals surface area contributed by atoms with Crippen molar-refractivity contribution >= 4 is 23.2 Å². The van der Waals surface area contributed by atoms with Gasteiger partial charge in [0, 0.05) is 23.4 Å². The van der Waals surface area contributed by atoms with Crippen molar-refractivity contribution in [1.82, 2.24) is 5.32 Å². The van der Waals surface area contributed by atoms with Gasteiger partial charge in [0.15, 0.2) is 0 Å². The minimum absolute atomic E-state index is 0.0674. The van der Waals surface area contributed by atoms with E-state index in [2.05, 4.69) is 16.0 Å². The van der Waals surface area contributed by atoms with Gasteiger partial charge in [0.25, 0.3) is 5.91 Å². The van der Waals surface area contributed by atoms with Gasteiger partial charge < -0.3 is 25.4 Å². The van der Waals surface area contributed by atoms with E-state index in [1.807, 2.05) is 13.8 Å². The van der Waals surface area contributed by atoms with Crippen LogP contribution in [0, 0.1) is 0 Å². The second-order valence-electron chi connectivity index (χ2n) is 6.17. The smallest absolute Gasteiger partial charge is 0.251 e. The van der Waals surface area contributed by atoms with Crippen molar-refractivity contribution in [1.29, 1.82) is 0 Å². The number of benzene rings is 2.